The average Bonchev–Trinajstić information content (AvgIpc) is 3.36. The summed E-state index contributed by atoms with van der Waals surface area (Å²) in [6.07, 6.45) is 2.89. The first kappa shape index (κ1) is 18.6. The summed E-state index contributed by atoms with van der Waals surface area (Å²) in [7, 11) is 0. The molecule has 1 amide bonds. The highest BCUT2D eigenvalue weighted by Crippen LogP contribution is 2.33. The molecule has 1 N–H and O–H groups in total. The van der Waals surface area contributed by atoms with E-state index in [4.69, 9.17) is 9.47 Å². The molecule has 0 heterocycles. The number of hydrogen-bond acceptors (Lipinski definition) is 3. The number of carbonyl (C=O) groups excluding carboxylic acids is 1. The molecular formula is C19H18BrF2NO3. The standard InChI is InChI=1S/C19H18BrF2NO3/c20-17-11-15(26-16-9-13(21)8-14(22)10-16)3-4-18(17)25-6-5-23-19(24)7-12-1-2-12/h3-4,8-12H,1-2,5-7H2,(H,23,24). The van der Waals surface area contributed by atoms with Gasteiger partial charge in [-0.25, -0.2) is 8.78 Å². The third-order valence-electron chi connectivity index (χ3n) is 3.83. The van der Waals surface area contributed by atoms with Gasteiger partial charge in [0.1, 0.15) is 35.5 Å². The van der Waals surface area contributed by atoms with Gasteiger partial charge < -0.3 is 14.8 Å². The van der Waals surface area contributed by atoms with Crippen molar-refractivity contribution >= 4 is 21.8 Å². The maximum absolute atomic E-state index is 13.2. The van der Waals surface area contributed by atoms with Crippen molar-refractivity contribution < 1.29 is 23.0 Å². The van der Waals surface area contributed by atoms with Crippen LogP contribution in [0.25, 0.3) is 0 Å². The fourth-order valence-electron chi connectivity index (χ4n) is 2.39. The predicted molar refractivity (Wildman–Crippen MR) is 96.4 cm³/mol. The van der Waals surface area contributed by atoms with Gasteiger partial charge in [0.05, 0.1) is 11.0 Å². The minimum atomic E-state index is -0.706. The first-order valence-corrected chi connectivity index (χ1v) is 9.12. The maximum atomic E-state index is 13.2. The Hall–Kier alpha value is -2.15. The Bertz CT molecular complexity index is 776. The first-order chi connectivity index (χ1) is 12.5. The van der Waals surface area contributed by atoms with Gasteiger partial charge in [0.15, 0.2) is 0 Å². The third kappa shape index (κ3) is 5.69. The van der Waals surface area contributed by atoms with Crippen LogP contribution >= 0.6 is 15.9 Å². The van der Waals surface area contributed by atoms with Crippen LogP contribution in [0.2, 0.25) is 0 Å². The quantitative estimate of drug-likeness (QED) is 0.617. The van der Waals surface area contributed by atoms with Gasteiger partial charge in [-0.15, -0.1) is 0 Å². The number of amides is 1. The van der Waals surface area contributed by atoms with Crippen LogP contribution in [0.3, 0.4) is 0 Å². The van der Waals surface area contributed by atoms with E-state index in [1.807, 2.05) is 0 Å². The van der Waals surface area contributed by atoms with Crippen molar-refractivity contribution in [3.05, 3.63) is 52.5 Å². The van der Waals surface area contributed by atoms with Crippen LogP contribution < -0.4 is 14.8 Å². The molecule has 1 fully saturated rings. The summed E-state index contributed by atoms with van der Waals surface area (Å²) in [4.78, 5) is 11.6. The molecule has 0 atom stereocenters. The van der Waals surface area contributed by atoms with E-state index >= 15 is 0 Å². The normalized spacial score (nSPS) is 13.3. The molecule has 1 aliphatic carbocycles. The van der Waals surface area contributed by atoms with E-state index in [2.05, 4.69) is 21.2 Å². The molecule has 3 rings (SSSR count). The van der Waals surface area contributed by atoms with E-state index in [-0.39, 0.29) is 11.7 Å². The van der Waals surface area contributed by atoms with Crippen molar-refractivity contribution in [3.63, 3.8) is 0 Å². The Morgan fingerprint density at radius 3 is 2.50 bits per heavy atom. The van der Waals surface area contributed by atoms with Crippen molar-refractivity contribution in [3.8, 4) is 17.2 Å². The van der Waals surface area contributed by atoms with Crippen LogP contribution in [0.4, 0.5) is 8.78 Å². The summed E-state index contributed by atoms with van der Waals surface area (Å²) in [5.41, 5.74) is 0. The van der Waals surface area contributed by atoms with E-state index in [1.165, 1.54) is 0 Å². The van der Waals surface area contributed by atoms with E-state index in [1.54, 1.807) is 18.2 Å². The molecule has 2 aromatic rings. The molecule has 4 nitrogen and oxygen atoms in total. The molecular weight excluding hydrogens is 408 g/mol. The number of benzene rings is 2. The minimum Gasteiger partial charge on any atom is -0.491 e. The van der Waals surface area contributed by atoms with Gasteiger partial charge in [0.25, 0.3) is 0 Å². The molecule has 26 heavy (non-hydrogen) atoms. The maximum Gasteiger partial charge on any atom is 0.220 e. The highest BCUT2D eigenvalue weighted by atomic mass is 79.9. The summed E-state index contributed by atoms with van der Waals surface area (Å²) >= 11 is 3.37. The van der Waals surface area contributed by atoms with Crippen molar-refractivity contribution in [2.24, 2.45) is 5.92 Å². The van der Waals surface area contributed by atoms with E-state index in [9.17, 15) is 13.6 Å². The monoisotopic (exact) mass is 425 g/mol. The topological polar surface area (TPSA) is 47.6 Å². The van der Waals surface area contributed by atoms with Gasteiger partial charge >= 0.3 is 0 Å². The summed E-state index contributed by atoms with van der Waals surface area (Å²) in [6, 6.07) is 7.94. The minimum absolute atomic E-state index is 0.0567. The molecule has 0 unspecified atom stereocenters. The lowest BCUT2D eigenvalue weighted by atomic mass is 10.3. The van der Waals surface area contributed by atoms with Gasteiger partial charge in [0.2, 0.25) is 5.91 Å². The lowest BCUT2D eigenvalue weighted by Crippen LogP contribution is -2.28. The van der Waals surface area contributed by atoms with Gasteiger partial charge in [0, 0.05) is 24.6 Å². The average molecular weight is 426 g/mol. The molecule has 7 heteroatoms. The molecule has 138 valence electrons. The van der Waals surface area contributed by atoms with Crippen LogP contribution in [0, 0.1) is 17.6 Å². The molecule has 2 aromatic carbocycles. The summed E-state index contributed by atoms with van der Waals surface area (Å²) in [6.45, 7) is 0.767. The van der Waals surface area contributed by atoms with Crippen LogP contribution in [0.5, 0.6) is 17.2 Å². The van der Waals surface area contributed by atoms with Gasteiger partial charge in [-0.05, 0) is 52.9 Å². The van der Waals surface area contributed by atoms with Crippen molar-refractivity contribution in [1.82, 2.24) is 5.32 Å². The fraction of sp³-hybridized carbons (Fsp3) is 0.316. The molecule has 0 radical (unpaired) electrons. The molecule has 0 spiro atoms. The van der Waals surface area contributed by atoms with Gasteiger partial charge in [-0.2, -0.15) is 0 Å². The summed E-state index contributed by atoms with van der Waals surface area (Å²) < 4.78 is 38.1. The summed E-state index contributed by atoms with van der Waals surface area (Å²) in [5.74, 6) is 0.267. The van der Waals surface area contributed by atoms with E-state index in [0.29, 0.717) is 41.5 Å². The second-order valence-corrected chi connectivity index (χ2v) is 7.00. The number of ether oxygens (including phenoxy) is 2. The highest BCUT2D eigenvalue weighted by Gasteiger charge is 2.23. The van der Waals surface area contributed by atoms with E-state index in [0.717, 1.165) is 31.0 Å². The largest absolute Gasteiger partial charge is 0.491 e. The molecule has 0 aromatic heterocycles. The fourth-order valence-corrected chi connectivity index (χ4v) is 2.87. The van der Waals surface area contributed by atoms with Crippen LogP contribution in [0.1, 0.15) is 19.3 Å². The second kappa shape index (κ2) is 8.49. The summed E-state index contributed by atoms with van der Waals surface area (Å²) in [5, 5.41) is 2.82. The third-order valence-corrected chi connectivity index (χ3v) is 4.45. The smallest absolute Gasteiger partial charge is 0.220 e. The Kier molecular flexibility index (Phi) is 6.08. The van der Waals surface area contributed by atoms with Crippen molar-refractivity contribution in [2.45, 2.75) is 19.3 Å². The highest BCUT2D eigenvalue weighted by molar-refractivity contribution is 9.10. The lowest BCUT2D eigenvalue weighted by molar-refractivity contribution is -0.121. The molecule has 1 saturated carbocycles. The number of rotatable bonds is 8. The van der Waals surface area contributed by atoms with Crippen molar-refractivity contribution in [1.29, 1.82) is 0 Å². The predicted octanol–water partition coefficient (Wildman–Crippen LogP) is 4.81. The van der Waals surface area contributed by atoms with E-state index < -0.39 is 11.6 Å². The zero-order chi connectivity index (χ0) is 18.5. The van der Waals surface area contributed by atoms with Gasteiger partial charge in [-0.1, -0.05) is 0 Å². The number of nitrogens with one attached hydrogen (secondary N) is 1. The van der Waals surface area contributed by atoms with Crippen LogP contribution in [0.15, 0.2) is 40.9 Å². The van der Waals surface area contributed by atoms with Crippen LogP contribution in [-0.2, 0) is 4.79 Å². The molecule has 0 saturated heterocycles. The Morgan fingerprint density at radius 2 is 1.85 bits per heavy atom. The number of carbonyl (C=O) groups is 1. The Morgan fingerprint density at radius 1 is 1.12 bits per heavy atom. The zero-order valence-corrected chi connectivity index (χ0v) is 15.5. The first-order valence-electron chi connectivity index (χ1n) is 8.32. The van der Waals surface area contributed by atoms with Gasteiger partial charge in [-0.3, -0.25) is 4.79 Å². The Labute approximate surface area is 158 Å². The Balaban J connectivity index is 1.49. The molecule has 0 bridgehead atoms. The van der Waals surface area contributed by atoms with Crippen molar-refractivity contribution in [2.75, 3.05) is 13.2 Å². The second-order valence-electron chi connectivity index (χ2n) is 6.15. The SMILES string of the molecule is O=C(CC1CC1)NCCOc1ccc(Oc2cc(F)cc(F)c2)cc1Br. The van der Waals surface area contributed by atoms with Crippen LogP contribution in [-0.4, -0.2) is 19.1 Å². The number of hydrogen-bond donors (Lipinski definition) is 1. The zero-order valence-electron chi connectivity index (χ0n) is 13.9. The number of halogens is 3. The molecule has 0 aliphatic heterocycles. The molecule has 1 aliphatic rings. The lowest BCUT2D eigenvalue weighted by Gasteiger charge is -2.11.